The molecule has 1 aromatic carbocycles. The third-order valence-corrected chi connectivity index (χ3v) is 6.39. The van der Waals surface area contributed by atoms with E-state index in [-0.39, 0.29) is 5.92 Å². The minimum Gasteiger partial charge on any atom is -0.379 e. The van der Waals surface area contributed by atoms with E-state index in [1.807, 2.05) is 4.68 Å². The Hall–Kier alpha value is -1.87. The summed E-state index contributed by atoms with van der Waals surface area (Å²) in [7, 11) is 0. The predicted molar refractivity (Wildman–Crippen MR) is 116 cm³/mol. The number of benzene rings is 1. The van der Waals surface area contributed by atoms with Gasteiger partial charge >= 0.3 is 0 Å². The molecule has 0 N–H and O–H groups in total. The Labute approximate surface area is 183 Å². The Morgan fingerprint density at radius 2 is 1.68 bits per heavy atom. The Morgan fingerprint density at radius 1 is 0.968 bits per heavy atom. The number of nitrogens with zero attached hydrogens (tertiary/aromatic N) is 5. The van der Waals surface area contributed by atoms with Crippen LogP contribution in [-0.4, -0.2) is 89.9 Å². The lowest BCUT2D eigenvalue weighted by atomic mass is 10.1. The second-order valence-corrected chi connectivity index (χ2v) is 8.77. The van der Waals surface area contributed by atoms with Crippen molar-refractivity contribution in [2.24, 2.45) is 0 Å². The zero-order valence-electron chi connectivity index (χ0n) is 18.1. The van der Waals surface area contributed by atoms with Gasteiger partial charge in [0, 0.05) is 51.4 Å². The zero-order valence-corrected chi connectivity index (χ0v) is 18.1. The molecule has 2 atom stereocenters. The predicted octanol–water partition coefficient (Wildman–Crippen LogP) is 2.33. The molecule has 168 valence electrons. The SMILES string of the molecule is F[C@H]1C[C@H]1c1nc(-c2cccc(CN3CCOCC3)c2)nn1CCCN1CCOCC1. The fraction of sp³-hybridized carbons (Fsp3) is 0.652. The number of aryl methyl sites for hydroxylation is 1. The first kappa shape index (κ1) is 21.0. The van der Waals surface area contributed by atoms with E-state index >= 15 is 0 Å². The van der Waals surface area contributed by atoms with Gasteiger partial charge in [0.05, 0.1) is 32.3 Å². The Bertz CT molecular complexity index is 863. The fourth-order valence-corrected chi connectivity index (χ4v) is 4.44. The minimum absolute atomic E-state index is 0.0961. The normalized spacial score (nSPS) is 25.1. The van der Waals surface area contributed by atoms with Crippen LogP contribution in [0.2, 0.25) is 0 Å². The molecule has 0 unspecified atom stereocenters. The van der Waals surface area contributed by atoms with E-state index in [0.717, 1.165) is 90.0 Å². The van der Waals surface area contributed by atoms with Crippen molar-refractivity contribution in [1.29, 1.82) is 0 Å². The summed E-state index contributed by atoms with van der Waals surface area (Å²) >= 11 is 0. The molecule has 1 aliphatic carbocycles. The highest BCUT2D eigenvalue weighted by atomic mass is 19.1. The van der Waals surface area contributed by atoms with Gasteiger partial charge in [0.15, 0.2) is 5.82 Å². The molecule has 31 heavy (non-hydrogen) atoms. The molecule has 2 saturated heterocycles. The minimum atomic E-state index is -0.775. The van der Waals surface area contributed by atoms with Crippen molar-refractivity contribution < 1.29 is 13.9 Å². The van der Waals surface area contributed by atoms with Crippen LogP contribution in [-0.2, 0) is 22.6 Å². The summed E-state index contributed by atoms with van der Waals surface area (Å²) in [6.45, 7) is 9.80. The standard InChI is InChI=1S/C23H32FN5O2/c24-21-16-20(21)23-25-22(26-29(23)6-2-5-27-7-11-30-12-8-27)19-4-1-3-18(15-19)17-28-9-13-31-14-10-28/h1,3-4,15,20-21H,2,5-14,16-17H2/t20-,21+/m1/s1. The van der Waals surface area contributed by atoms with Crippen LogP contribution in [0.3, 0.4) is 0 Å². The fourth-order valence-electron chi connectivity index (χ4n) is 4.44. The van der Waals surface area contributed by atoms with Gasteiger partial charge in [0.1, 0.15) is 12.0 Å². The summed E-state index contributed by atoms with van der Waals surface area (Å²) in [4.78, 5) is 9.62. The maximum atomic E-state index is 13.9. The number of hydrogen-bond acceptors (Lipinski definition) is 6. The largest absolute Gasteiger partial charge is 0.379 e. The second-order valence-electron chi connectivity index (χ2n) is 8.77. The number of morpholine rings is 2. The quantitative estimate of drug-likeness (QED) is 0.642. The van der Waals surface area contributed by atoms with E-state index in [2.05, 4.69) is 34.1 Å². The maximum absolute atomic E-state index is 13.9. The van der Waals surface area contributed by atoms with Gasteiger partial charge in [-0.25, -0.2) is 14.1 Å². The van der Waals surface area contributed by atoms with E-state index in [1.54, 1.807) is 0 Å². The lowest BCUT2D eigenvalue weighted by Crippen LogP contribution is -2.37. The van der Waals surface area contributed by atoms with Crippen LogP contribution < -0.4 is 0 Å². The molecular weight excluding hydrogens is 397 g/mol. The molecule has 3 heterocycles. The smallest absolute Gasteiger partial charge is 0.181 e. The maximum Gasteiger partial charge on any atom is 0.181 e. The summed E-state index contributed by atoms with van der Waals surface area (Å²) in [5, 5.41) is 4.81. The van der Waals surface area contributed by atoms with Crippen molar-refractivity contribution in [3.05, 3.63) is 35.7 Å². The van der Waals surface area contributed by atoms with Crippen molar-refractivity contribution in [3.63, 3.8) is 0 Å². The molecule has 2 aliphatic heterocycles. The van der Waals surface area contributed by atoms with Crippen LogP contribution >= 0.6 is 0 Å². The Morgan fingerprint density at radius 3 is 2.39 bits per heavy atom. The summed E-state index contributed by atoms with van der Waals surface area (Å²) in [6.07, 6.45) is 0.776. The van der Waals surface area contributed by atoms with Crippen molar-refractivity contribution in [2.45, 2.75) is 38.0 Å². The van der Waals surface area contributed by atoms with Crippen LogP contribution in [0.1, 0.15) is 30.1 Å². The summed E-state index contributed by atoms with van der Waals surface area (Å²) < 4.78 is 26.7. The Kier molecular flexibility index (Phi) is 6.59. The van der Waals surface area contributed by atoms with E-state index in [0.29, 0.717) is 12.2 Å². The molecule has 3 fully saturated rings. The topological polar surface area (TPSA) is 55.7 Å². The van der Waals surface area contributed by atoms with Crippen LogP contribution in [0.25, 0.3) is 11.4 Å². The molecule has 0 spiro atoms. The number of ether oxygens (including phenoxy) is 2. The van der Waals surface area contributed by atoms with Crippen molar-refractivity contribution in [3.8, 4) is 11.4 Å². The first-order valence-electron chi connectivity index (χ1n) is 11.5. The molecule has 5 rings (SSSR count). The highest BCUT2D eigenvalue weighted by Gasteiger charge is 2.42. The van der Waals surface area contributed by atoms with Gasteiger partial charge in [-0.3, -0.25) is 9.80 Å². The van der Waals surface area contributed by atoms with E-state index in [4.69, 9.17) is 19.6 Å². The number of hydrogen-bond donors (Lipinski definition) is 0. The van der Waals surface area contributed by atoms with Gasteiger partial charge in [0.25, 0.3) is 0 Å². The van der Waals surface area contributed by atoms with Gasteiger partial charge in [-0.1, -0.05) is 18.2 Å². The number of halogens is 1. The van der Waals surface area contributed by atoms with Gasteiger partial charge in [-0.05, 0) is 24.5 Å². The Balaban J connectivity index is 1.28. The molecule has 2 aromatic rings. The summed E-state index contributed by atoms with van der Waals surface area (Å²) in [5.41, 5.74) is 2.26. The first-order valence-corrected chi connectivity index (χ1v) is 11.5. The third kappa shape index (κ3) is 5.31. The highest BCUT2D eigenvalue weighted by Crippen LogP contribution is 2.43. The molecule has 1 saturated carbocycles. The number of alkyl halides is 1. The van der Waals surface area contributed by atoms with Crippen molar-refractivity contribution >= 4 is 0 Å². The molecule has 7 nitrogen and oxygen atoms in total. The van der Waals surface area contributed by atoms with Crippen LogP contribution in [0.15, 0.2) is 24.3 Å². The molecule has 0 amide bonds. The van der Waals surface area contributed by atoms with Crippen molar-refractivity contribution in [1.82, 2.24) is 24.6 Å². The zero-order chi connectivity index (χ0) is 21.0. The average molecular weight is 430 g/mol. The second kappa shape index (κ2) is 9.73. The van der Waals surface area contributed by atoms with E-state index in [9.17, 15) is 4.39 Å². The van der Waals surface area contributed by atoms with Gasteiger partial charge in [-0.15, -0.1) is 0 Å². The molecule has 0 bridgehead atoms. The molecule has 0 radical (unpaired) electrons. The highest BCUT2D eigenvalue weighted by molar-refractivity contribution is 5.56. The average Bonchev–Trinajstić information content (AvgIpc) is 3.38. The first-order chi connectivity index (χ1) is 15.3. The summed E-state index contributed by atoms with van der Waals surface area (Å²) in [6, 6.07) is 8.45. The van der Waals surface area contributed by atoms with Crippen LogP contribution in [0, 0.1) is 0 Å². The van der Waals surface area contributed by atoms with E-state index in [1.165, 1.54) is 5.56 Å². The molecule has 3 aliphatic rings. The monoisotopic (exact) mass is 429 g/mol. The summed E-state index contributed by atoms with van der Waals surface area (Å²) in [5.74, 6) is 1.42. The third-order valence-electron chi connectivity index (χ3n) is 6.39. The number of aromatic nitrogens is 3. The molecule has 8 heteroatoms. The van der Waals surface area contributed by atoms with Crippen molar-refractivity contribution in [2.75, 3.05) is 59.2 Å². The van der Waals surface area contributed by atoms with E-state index < -0.39 is 6.17 Å². The lowest BCUT2D eigenvalue weighted by molar-refractivity contribution is 0.0342. The van der Waals surface area contributed by atoms with Gasteiger partial charge < -0.3 is 9.47 Å². The molecular formula is C23H32FN5O2. The number of rotatable bonds is 8. The molecule has 1 aromatic heterocycles. The van der Waals surface area contributed by atoms with Crippen LogP contribution in [0.4, 0.5) is 4.39 Å². The van der Waals surface area contributed by atoms with Gasteiger partial charge in [0.2, 0.25) is 0 Å². The van der Waals surface area contributed by atoms with Crippen LogP contribution in [0.5, 0.6) is 0 Å². The lowest BCUT2D eigenvalue weighted by Gasteiger charge is -2.26. The van der Waals surface area contributed by atoms with Gasteiger partial charge in [-0.2, -0.15) is 5.10 Å².